The average Bonchev–Trinajstić information content (AvgIpc) is 2.74. The first-order valence-electron chi connectivity index (χ1n) is 7.15. The molecule has 0 bridgehead atoms. The Morgan fingerprint density at radius 1 is 1.40 bits per heavy atom. The Bertz CT molecular complexity index is 387. The third-order valence-electron chi connectivity index (χ3n) is 2.81. The molecule has 0 aliphatic carbocycles. The van der Waals surface area contributed by atoms with Crippen LogP contribution in [0.4, 0.5) is 0 Å². The summed E-state index contributed by atoms with van der Waals surface area (Å²) >= 11 is 0. The molecule has 0 amide bonds. The standard InChI is InChI=1S/C16H27NO3/c1-5-8-19-12-15(18)10-17(9-13(2)3)11-16-7-6-14(4)20-16/h5-7,13,15,18H,1,8-12H2,2-4H3. The van der Waals surface area contributed by atoms with Crippen LogP contribution in [0.15, 0.2) is 29.2 Å². The smallest absolute Gasteiger partial charge is 0.118 e. The highest BCUT2D eigenvalue weighted by Gasteiger charge is 2.15. The normalized spacial score (nSPS) is 13.1. The molecule has 20 heavy (non-hydrogen) atoms. The van der Waals surface area contributed by atoms with Crippen molar-refractivity contribution in [2.24, 2.45) is 5.92 Å². The van der Waals surface area contributed by atoms with Gasteiger partial charge in [-0.15, -0.1) is 6.58 Å². The summed E-state index contributed by atoms with van der Waals surface area (Å²) in [5.74, 6) is 2.38. The van der Waals surface area contributed by atoms with E-state index in [1.165, 1.54) is 0 Å². The number of hydrogen-bond acceptors (Lipinski definition) is 4. The van der Waals surface area contributed by atoms with Crippen molar-refractivity contribution in [2.75, 3.05) is 26.3 Å². The predicted octanol–water partition coefficient (Wildman–Crippen LogP) is 2.61. The van der Waals surface area contributed by atoms with Crippen molar-refractivity contribution in [3.63, 3.8) is 0 Å². The lowest BCUT2D eigenvalue weighted by Gasteiger charge is -2.25. The lowest BCUT2D eigenvalue weighted by molar-refractivity contribution is 0.0210. The average molecular weight is 281 g/mol. The molecular formula is C16H27NO3. The van der Waals surface area contributed by atoms with Crippen LogP contribution in [0.3, 0.4) is 0 Å². The maximum atomic E-state index is 10.0. The number of hydrogen-bond donors (Lipinski definition) is 1. The van der Waals surface area contributed by atoms with Gasteiger partial charge in [0.05, 0.1) is 25.9 Å². The summed E-state index contributed by atoms with van der Waals surface area (Å²) in [6, 6.07) is 3.95. The van der Waals surface area contributed by atoms with Crippen LogP contribution < -0.4 is 0 Å². The minimum Gasteiger partial charge on any atom is -0.465 e. The Kier molecular flexibility index (Phi) is 7.59. The van der Waals surface area contributed by atoms with Gasteiger partial charge in [0.2, 0.25) is 0 Å². The molecule has 0 radical (unpaired) electrons. The SMILES string of the molecule is C=CCOCC(O)CN(Cc1ccc(C)o1)CC(C)C. The zero-order valence-electron chi connectivity index (χ0n) is 12.8. The zero-order valence-corrected chi connectivity index (χ0v) is 12.8. The van der Waals surface area contributed by atoms with Gasteiger partial charge in [-0.1, -0.05) is 19.9 Å². The Morgan fingerprint density at radius 2 is 2.15 bits per heavy atom. The molecular weight excluding hydrogens is 254 g/mol. The number of nitrogens with zero attached hydrogens (tertiary/aromatic N) is 1. The van der Waals surface area contributed by atoms with E-state index in [-0.39, 0.29) is 0 Å². The van der Waals surface area contributed by atoms with Gasteiger partial charge in [-0.3, -0.25) is 4.90 Å². The molecule has 0 saturated heterocycles. The van der Waals surface area contributed by atoms with Crippen LogP contribution in [0.2, 0.25) is 0 Å². The quantitative estimate of drug-likeness (QED) is 0.529. The molecule has 0 aliphatic rings. The number of furan rings is 1. The van der Waals surface area contributed by atoms with E-state index in [4.69, 9.17) is 9.15 Å². The molecule has 1 unspecified atom stereocenters. The van der Waals surface area contributed by atoms with Crippen molar-refractivity contribution in [1.82, 2.24) is 4.90 Å². The van der Waals surface area contributed by atoms with Crippen LogP contribution in [-0.4, -0.2) is 42.4 Å². The molecule has 4 nitrogen and oxygen atoms in total. The Morgan fingerprint density at radius 3 is 2.70 bits per heavy atom. The summed E-state index contributed by atoms with van der Waals surface area (Å²) < 4.78 is 10.9. The van der Waals surface area contributed by atoms with Crippen LogP contribution >= 0.6 is 0 Å². The van der Waals surface area contributed by atoms with Crippen molar-refractivity contribution in [1.29, 1.82) is 0 Å². The van der Waals surface area contributed by atoms with Crippen molar-refractivity contribution in [3.8, 4) is 0 Å². The fourth-order valence-electron chi connectivity index (χ4n) is 2.15. The van der Waals surface area contributed by atoms with Gasteiger partial charge >= 0.3 is 0 Å². The molecule has 1 aromatic heterocycles. The molecule has 0 aromatic carbocycles. The monoisotopic (exact) mass is 281 g/mol. The number of rotatable bonds is 10. The van der Waals surface area contributed by atoms with E-state index in [0.717, 1.165) is 18.1 Å². The molecule has 114 valence electrons. The van der Waals surface area contributed by atoms with Gasteiger partial charge in [-0.05, 0) is 25.0 Å². The zero-order chi connectivity index (χ0) is 15.0. The van der Waals surface area contributed by atoms with E-state index in [9.17, 15) is 5.11 Å². The fourth-order valence-corrected chi connectivity index (χ4v) is 2.15. The van der Waals surface area contributed by atoms with E-state index in [1.54, 1.807) is 6.08 Å². The first kappa shape index (κ1) is 17.0. The molecule has 1 aromatic rings. The summed E-state index contributed by atoms with van der Waals surface area (Å²) in [7, 11) is 0. The molecule has 0 fully saturated rings. The van der Waals surface area contributed by atoms with Crippen LogP contribution in [0.1, 0.15) is 25.4 Å². The Labute approximate surface area is 122 Å². The summed E-state index contributed by atoms with van der Waals surface area (Å²) in [5, 5.41) is 10.0. The first-order chi connectivity index (χ1) is 9.51. The van der Waals surface area contributed by atoms with Crippen molar-refractivity contribution >= 4 is 0 Å². The number of ether oxygens (including phenoxy) is 1. The van der Waals surface area contributed by atoms with Crippen LogP contribution in [-0.2, 0) is 11.3 Å². The second kappa shape index (κ2) is 8.95. The van der Waals surface area contributed by atoms with E-state index >= 15 is 0 Å². The molecule has 0 spiro atoms. The highest BCUT2D eigenvalue weighted by atomic mass is 16.5. The van der Waals surface area contributed by atoms with Gasteiger partial charge in [-0.25, -0.2) is 0 Å². The summed E-state index contributed by atoms with van der Waals surface area (Å²) in [5.41, 5.74) is 0. The van der Waals surface area contributed by atoms with Crippen LogP contribution in [0, 0.1) is 12.8 Å². The van der Waals surface area contributed by atoms with Crippen molar-refractivity contribution in [3.05, 3.63) is 36.3 Å². The first-order valence-corrected chi connectivity index (χ1v) is 7.15. The lowest BCUT2D eigenvalue weighted by Crippen LogP contribution is -2.36. The van der Waals surface area contributed by atoms with Gasteiger partial charge in [-0.2, -0.15) is 0 Å². The largest absolute Gasteiger partial charge is 0.465 e. The van der Waals surface area contributed by atoms with Gasteiger partial charge in [0.1, 0.15) is 11.5 Å². The highest BCUT2D eigenvalue weighted by molar-refractivity contribution is 5.05. The maximum absolute atomic E-state index is 10.0. The summed E-state index contributed by atoms with van der Waals surface area (Å²) in [4.78, 5) is 2.20. The predicted molar refractivity (Wildman–Crippen MR) is 80.6 cm³/mol. The molecule has 0 saturated carbocycles. The van der Waals surface area contributed by atoms with Gasteiger partial charge in [0.15, 0.2) is 0 Å². The van der Waals surface area contributed by atoms with Crippen LogP contribution in [0.5, 0.6) is 0 Å². The van der Waals surface area contributed by atoms with E-state index in [0.29, 0.717) is 32.2 Å². The van der Waals surface area contributed by atoms with Gasteiger partial charge < -0.3 is 14.3 Å². The molecule has 0 aliphatic heterocycles. The molecule has 1 heterocycles. The minimum absolute atomic E-state index is 0.331. The van der Waals surface area contributed by atoms with E-state index < -0.39 is 6.10 Å². The number of aryl methyl sites for hydroxylation is 1. The van der Waals surface area contributed by atoms with Crippen molar-refractivity contribution < 1.29 is 14.3 Å². The van der Waals surface area contributed by atoms with Crippen molar-refractivity contribution in [2.45, 2.75) is 33.4 Å². The third kappa shape index (κ3) is 6.89. The fraction of sp³-hybridized carbons (Fsp3) is 0.625. The molecule has 1 atom stereocenters. The van der Waals surface area contributed by atoms with E-state index in [2.05, 4.69) is 25.3 Å². The third-order valence-corrected chi connectivity index (χ3v) is 2.81. The second-order valence-corrected chi connectivity index (χ2v) is 5.58. The summed E-state index contributed by atoms with van der Waals surface area (Å²) in [6.07, 6.45) is 1.19. The Balaban J connectivity index is 2.48. The van der Waals surface area contributed by atoms with E-state index in [1.807, 2.05) is 19.1 Å². The van der Waals surface area contributed by atoms with Gasteiger partial charge in [0.25, 0.3) is 0 Å². The number of aliphatic hydroxyl groups is 1. The second-order valence-electron chi connectivity index (χ2n) is 5.58. The number of aliphatic hydroxyl groups excluding tert-OH is 1. The van der Waals surface area contributed by atoms with Gasteiger partial charge in [0, 0.05) is 13.1 Å². The highest BCUT2D eigenvalue weighted by Crippen LogP contribution is 2.11. The minimum atomic E-state index is -0.496. The lowest BCUT2D eigenvalue weighted by atomic mass is 10.2. The maximum Gasteiger partial charge on any atom is 0.118 e. The molecule has 4 heteroatoms. The topological polar surface area (TPSA) is 45.8 Å². The Hall–Kier alpha value is -1.10. The summed E-state index contributed by atoms with van der Waals surface area (Å²) in [6.45, 7) is 12.9. The molecule has 1 rings (SSSR count). The van der Waals surface area contributed by atoms with Crippen LogP contribution in [0.25, 0.3) is 0 Å². The molecule has 1 N–H and O–H groups in total.